The SMILES string of the molecule is CC1CC[NH+](CC(=O)NCCOc2ccc(Cl)cc2)CC1. The Bertz CT molecular complexity index is 442. The number of piperidine rings is 1. The van der Waals surface area contributed by atoms with Gasteiger partial charge in [0.25, 0.3) is 5.91 Å². The molecule has 0 atom stereocenters. The van der Waals surface area contributed by atoms with Gasteiger partial charge in [-0.3, -0.25) is 4.79 Å². The predicted octanol–water partition coefficient (Wildman–Crippen LogP) is 1.15. The van der Waals surface area contributed by atoms with Crippen LogP contribution in [0.1, 0.15) is 19.8 Å². The Morgan fingerprint density at radius 2 is 2.00 bits per heavy atom. The fourth-order valence-corrected chi connectivity index (χ4v) is 2.65. The van der Waals surface area contributed by atoms with Crippen molar-refractivity contribution in [3.05, 3.63) is 29.3 Å². The molecule has 4 nitrogen and oxygen atoms in total. The summed E-state index contributed by atoms with van der Waals surface area (Å²) in [4.78, 5) is 13.2. The Morgan fingerprint density at radius 3 is 2.67 bits per heavy atom. The lowest BCUT2D eigenvalue weighted by Gasteiger charge is -2.26. The maximum absolute atomic E-state index is 11.8. The van der Waals surface area contributed by atoms with Crippen molar-refractivity contribution < 1.29 is 14.4 Å². The highest BCUT2D eigenvalue weighted by Crippen LogP contribution is 2.15. The summed E-state index contributed by atoms with van der Waals surface area (Å²) in [5, 5.41) is 3.60. The highest BCUT2D eigenvalue weighted by atomic mass is 35.5. The number of benzene rings is 1. The summed E-state index contributed by atoms with van der Waals surface area (Å²) < 4.78 is 5.54. The van der Waals surface area contributed by atoms with Crippen LogP contribution in [0.2, 0.25) is 5.02 Å². The molecule has 1 aliphatic rings. The number of likely N-dealkylation sites (tertiary alicyclic amines) is 1. The Balaban J connectivity index is 1.58. The molecule has 0 bridgehead atoms. The Labute approximate surface area is 131 Å². The molecule has 2 rings (SSSR count). The van der Waals surface area contributed by atoms with E-state index in [1.165, 1.54) is 17.7 Å². The summed E-state index contributed by atoms with van der Waals surface area (Å²) in [6, 6.07) is 7.22. The topological polar surface area (TPSA) is 42.8 Å². The quantitative estimate of drug-likeness (QED) is 0.774. The number of quaternary nitrogens is 1. The normalized spacial score (nSPS) is 21.8. The fourth-order valence-electron chi connectivity index (χ4n) is 2.53. The zero-order chi connectivity index (χ0) is 15.1. The number of carbonyl (C=O) groups is 1. The molecule has 0 saturated carbocycles. The first-order valence-corrected chi connectivity index (χ1v) is 8.00. The van der Waals surface area contributed by atoms with Gasteiger partial charge in [0.1, 0.15) is 12.4 Å². The smallest absolute Gasteiger partial charge is 0.275 e. The van der Waals surface area contributed by atoms with Crippen molar-refractivity contribution in [2.24, 2.45) is 5.92 Å². The highest BCUT2D eigenvalue weighted by Gasteiger charge is 2.20. The van der Waals surface area contributed by atoms with Crippen LogP contribution in [-0.2, 0) is 4.79 Å². The lowest BCUT2D eigenvalue weighted by molar-refractivity contribution is -0.898. The summed E-state index contributed by atoms with van der Waals surface area (Å²) in [6.45, 7) is 6.08. The fraction of sp³-hybridized carbons (Fsp3) is 0.562. The van der Waals surface area contributed by atoms with Crippen molar-refractivity contribution in [3.63, 3.8) is 0 Å². The number of nitrogens with one attached hydrogen (secondary N) is 2. The van der Waals surface area contributed by atoms with Gasteiger partial charge < -0.3 is 15.0 Å². The van der Waals surface area contributed by atoms with Crippen molar-refractivity contribution in [2.45, 2.75) is 19.8 Å². The van der Waals surface area contributed by atoms with Crippen LogP contribution in [0, 0.1) is 5.92 Å². The van der Waals surface area contributed by atoms with E-state index in [9.17, 15) is 4.79 Å². The van der Waals surface area contributed by atoms with Crippen molar-refractivity contribution in [2.75, 3.05) is 32.8 Å². The second kappa shape index (κ2) is 8.25. The molecule has 2 N–H and O–H groups in total. The van der Waals surface area contributed by atoms with Crippen LogP contribution in [-0.4, -0.2) is 38.7 Å². The van der Waals surface area contributed by atoms with Gasteiger partial charge >= 0.3 is 0 Å². The maximum atomic E-state index is 11.8. The second-order valence-corrected chi connectivity index (χ2v) is 6.20. The van der Waals surface area contributed by atoms with Gasteiger partial charge in [0.05, 0.1) is 19.6 Å². The summed E-state index contributed by atoms with van der Waals surface area (Å²) >= 11 is 5.80. The average molecular weight is 312 g/mol. The molecule has 1 fully saturated rings. The van der Waals surface area contributed by atoms with Gasteiger partial charge in [0.2, 0.25) is 0 Å². The summed E-state index contributed by atoms with van der Waals surface area (Å²) in [5.74, 6) is 1.69. The number of hydrogen-bond donors (Lipinski definition) is 2. The van der Waals surface area contributed by atoms with Crippen molar-refractivity contribution in [1.29, 1.82) is 0 Å². The molecule has 0 radical (unpaired) electrons. The monoisotopic (exact) mass is 311 g/mol. The maximum Gasteiger partial charge on any atom is 0.275 e. The minimum Gasteiger partial charge on any atom is -0.492 e. The van der Waals surface area contributed by atoms with Gasteiger partial charge in [-0.05, 0) is 43.0 Å². The number of amides is 1. The van der Waals surface area contributed by atoms with E-state index >= 15 is 0 Å². The van der Waals surface area contributed by atoms with Crippen LogP contribution in [0.4, 0.5) is 0 Å². The Hall–Kier alpha value is -1.26. The van der Waals surface area contributed by atoms with Crippen LogP contribution < -0.4 is 15.0 Å². The molecule has 1 aromatic rings. The third-order valence-electron chi connectivity index (χ3n) is 3.90. The average Bonchev–Trinajstić information content (AvgIpc) is 2.48. The van der Waals surface area contributed by atoms with E-state index in [1.54, 1.807) is 12.1 Å². The molecular formula is C16H24ClN2O2+. The first-order valence-electron chi connectivity index (χ1n) is 7.62. The van der Waals surface area contributed by atoms with E-state index < -0.39 is 0 Å². The molecule has 0 aromatic heterocycles. The Morgan fingerprint density at radius 1 is 1.33 bits per heavy atom. The molecule has 21 heavy (non-hydrogen) atoms. The van der Waals surface area contributed by atoms with E-state index in [0.717, 1.165) is 24.8 Å². The predicted molar refractivity (Wildman–Crippen MR) is 83.9 cm³/mol. The van der Waals surface area contributed by atoms with Crippen molar-refractivity contribution in [1.82, 2.24) is 5.32 Å². The van der Waals surface area contributed by atoms with Crippen LogP contribution in [0.5, 0.6) is 5.75 Å². The molecular weight excluding hydrogens is 288 g/mol. The molecule has 1 saturated heterocycles. The van der Waals surface area contributed by atoms with Gasteiger partial charge in [-0.15, -0.1) is 0 Å². The van der Waals surface area contributed by atoms with E-state index in [2.05, 4.69) is 12.2 Å². The summed E-state index contributed by atoms with van der Waals surface area (Å²) in [5.41, 5.74) is 0. The van der Waals surface area contributed by atoms with Gasteiger partial charge in [-0.25, -0.2) is 0 Å². The molecule has 116 valence electrons. The first kappa shape index (κ1) is 16.1. The van der Waals surface area contributed by atoms with Crippen LogP contribution in [0.3, 0.4) is 0 Å². The van der Waals surface area contributed by atoms with Crippen molar-refractivity contribution in [3.8, 4) is 5.75 Å². The first-order chi connectivity index (χ1) is 10.1. The molecule has 1 aliphatic heterocycles. The molecule has 1 amide bonds. The Kier molecular flexibility index (Phi) is 6.33. The molecule has 0 unspecified atom stereocenters. The van der Waals surface area contributed by atoms with E-state index in [4.69, 9.17) is 16.3 Å². The standard InChI is InChI=1S/C16H23ClN2O2/c1-13-6-9-19(10-7-13)12-16(20)18-8-11-21-15-4-2-14(17)3-5-15/h2-5,13H,6-12H2,1H3,(H,18,20)/p+1. The molecule has 1 aromatic carbocycles. The lowest BCUT2D eigenvalue weighted by atomic mass is 9.99. The zero-order valence-corrected chi connectivity index (χ0v) is 13.3. The lowest BCUT2D eigenvalue weighted by Crippen LogP contribution is -3.14. The minimum absolute atomic E-state index is 0.110. The molecule has 5 heteroatoms. The number of hydrogen-bond acceptors (Lipinski definition) is 2. The molecule has 0 aliphatic carbocycles. The van der Waals surface area contributed by atoms with Crippen LogP contribution in [0.15, 0.2) is 24.3 Å². The molecule has 0 spiro atoms. The van der Waals surface area contributed by atoms with Gasteiger partial charge in [0, 0.05) is 5.02 Å². The highest BCUT2D eigenvalue weighted by molar-refractivity contribution is 6.30. The van der Waals surface area contributed by atoms with Gasteiger partial charge in [0.15, 0.2) is 6.54 Å². The van der Waals surface area contributed by atoms with E-state index in [1.807, 2.05) is 12.1 Å². The number of carbonyl (C=O) groups excluding carboxylic acids is 1. The summed E-state index contributed by atoms with van der Waals surface area (Å²) in [6.07, 6.45) is 2.45. The van der Waals surface area contributed by atoms with Crippen LogP contribution >= 0.6 is 11.6 Å². The number of halogens is 1. The zero-order valence-electron chi connectivity index (χ0n) is 12.5. The van der Waals surface area contributed by atoms with Crippen molar-refractivity contribution >= 4 is 17.5 Å². The third kappa shape index (κ3) is 5.94. The minimum atomic E-state index is 0.110. The van der Waals surface area contributed by atoms with E-state index in [0.29, 0.717) is 24.7 Å². The van der Waals surface area contributed by atoms with Gasteiger partial charge in [-0.2, -0.15) is 0 Å². The number of ether oxygens (including phenoxy) is 1. The number of rotatable bonds is 6. The van der Waals surface area contributed by atoms with Crippen LogP contribution in [0.25, 0.3) is 0 Å². The van der Waals surface area contributed by atoms with E-state index in [-0.39, 0.29) is 5.91 Å². The second-order valence-electron chi connectivity index (χ2n) is 5.76. The largest absolute Gasteiger partial charge is 0.492 e. The molecule has 1 heterocycles. The third-order valence-corrected chi connectivity index (χ3v) is 4.15. The summed E-state index contributed by atoms with van der Waals surface area (Å²) in [7, 11) is 0. The van der Waals surface area contributed by atoms with Gasteiger partial charge in [-0.1, -0.05) is 18.5 Å².